The predicted octanol–water partition coefficient (Wildman–Crippen LogP) is 3.21. The lowest BCUT2D eigenvalue weighted by Gasteiger charge is -2.13. The molecule has 20 heavy (non-hydrogen) atoms. The zero-order valence-corrected chi connectivity index (χ0v) is 11.3. The van der Waals surface area contributed by atoms with Gasteiger partial charge in [0, 0.05) is 24.4 Å². The van der Waals surface area contributed by atoms with Gasteiger partial charge in [0.1, 0.15) is 0 Å². The third-order valence-electron chi connectivity index (χ3n) is 3.40. The molecule has 0 saturated carbocycles. The smallest absolute Gasteiger partial charge is 0.0944 e. The van der Waals surface area contributed by atoms with Crippen LogP contribution in [0.3, 0.4) is 0 Å². The number of aromatic nitrogens is 2. The van der Waals surface area contributed by atoms with Crippen molar-refractivity contribution in [3.05, 3.63) is 71.5 Å². The molecule has 3 rings (SSSR count). The molecule has 0 aliphatic rings. The number of aryl methyl sites for hydroxylation is 1. The minimum atomic E-state index is -0.572. The highest BCUT2D eigenvalue weighted by Gasteiger charge is 2.13. The maximum Gasteiger partial charge on any atom is 0.0944 e. The van der Waals surface area contributed by atoms with E-state index in [2.05, 4.69) is 29.0 Å². The number of benzene rings is 2. The Morgan fingerprint density at radius 1 is 1.05 bits per heavy atom. The lowest BCUT2D eigenvalue weighted by Crippen LogP contribution is -2.04. The molecule has 1 unspecified atom stereocenters. The first kappa shape index (κ1) is 12.8. The van der Waals surface area contributed by atoms with Crippen LogP contribution in [0.4, 0.5) is 0 Å². The van der Waals surface area contributed by atoms with Crippen LogP contribution in [0.15, 0.2) is 54.9 Å². The van der Waals surface area contributed by atoms with Crippen molar-refractivity contribution < 1.29 is 5.11 Å². The summed E-state index contributed by atoms with van der Waals surface area (Å²) in [6, 6.07) is 13.9. The van der Waals surface area contributed by atoms with Gasteiger partial charge in [0.25, 0.3) is 0 Å². The van der Waals surface area contributed by atoms with Crippen LogP contribution in [-0.2, 0) is 6.42 Å². The van der Waals surface area contributed by atoms with Crippen molar-refractivity contribution >= 4 is 11.0 Å². The molecule has 0 bridgehead atoms. The van der Waals surface area contributed by atoms with Crippen LogP contribution < -0.4 is 0 Å². The molecule has 1 heterocycles. The summed E-state index contributed by atoms with van der Waals surface area (Å²) in [6.45, 7) is 2.05. The zero-order valence-electron chi connectivity index (χ0n) is 11.3. The Morgan fingerprint density at radius 2 is 1.85 bits per heavy atom. The summed E-state index contributed by atoms with van der Waals surface area (Å²) in [7, 11) is 0. The molecular formula is C17H16N2O. The molecule has 3 aromatic rings. The Bertz CT molecular complexity index is 734. The van der Waals surface area contributed by atoms with E-state index in [9.17, 15) is 5.11 Å². The van der Waals surface area contributed by atoms with Gasteiger partial charge in [-0.3, -0.25) is 9.97 Å². The summed E-state index contributed by atoms with van der Waals surface area (Å²) in [5.41, 5.74) is 4.74. The largest absolute Gasteiger partial charge is 0.388 e. The number of fused-ring (bicyclic) bond motifs is 1. The van der Waals surface area contributed by atoms with Crippen molar-refractivity contribution in [2.75, 3.05) is 0 Å². The first-order valence-electron chi connectivity index (χ1n) is 6.67. The Labute approximate surface area is 117 Å². The second kappa shape index (κ2) is 5.39. The van der Waals surface area contributed by atoms with Gasteiger partial charge in [-0.05, 0) is 18.6 Å². The van der Waals surface area contributed by atoms with E-state index in [1.54, 1.807) is 12.4 Å². The molecule has 3 heteroatoms. The van der Waals surface area contributed by atoms with E-state index in [1.165, 1.54) is 5.56 Å². The normalized spacial score (nSPS) is 12.5. The number of hydrogen-bond donors (Lipinski definition) is 1. The Kier molecular flexibility index (Phi) is 3.44. The summed E-state index contributed by atoms with van der Waals surface area (Å²) in [4.78, 5) is 8.61. The topological polar surface area (TPSA) is 46.0 Å². The molecule has 0 spiro atoms. The molecule has 0 amide bonds. The molecule has 0 aliphatic carbocycles. The second-order valence-electron chi connectivity index (χ2n) is 4.98. The molecule has 1 aromatic heterocycles. The minimum absolute atomic E-state index is 0.572. The van der Waals surface area contributed by atoms with E-state index in [4.69, 9.17) is 0 Å². The van der Waals surface area contributed by atoms with Crippen molar-refractivity contribution in [2.24, 2.45) is 0 Å². The summed E-state index contributed by atoms with van der Waals surface area (Å²) in [6.07, 6.45) is 3.33. The molecular weight excluding hydrogens is 248 g/mol. The number of para-hydroxylation sites is 1. The van der Waals surface area contributed by atoms with Gasteiger partial charge in [-0.2, -0.15) is 0 Å². The monoisotopic (exact) mass is 264 g/mol. The van der Waals surface area contributed by atoms with Crippen LogP contribution in [0.1, 0.15) is 22.8 Å². The predicted molar refractivity (Wildman–Crippen MR) is 79.4 cm³/mol. The first-order chi connectivity index (χ1) is 9.74. The van der Waals surface area contributed by atoms with Crippen LogP contribution in [0, 0.1) is 6.92 Å². The Balaban J connectivity index is 1.94. The van der Waals surface area contributed by atoms with E-state index in [-0.39, 0.29) is 0 Å². The van der Waals surface area contributed by atoms with Gasteiger partial charge in [0.05, 0.1) is 17.1 Å². The van der Waals surface area contributed by atoms with Crippen LogP contribution in [0.2, 0.25) is 0 Å². The van der Waals surface area contributed by atoms with Gasteiger partial charge < -0.3 is 5.11 Å². The average Bonchev–Trinajstić information content (AvgIpc) is 2.46. The number of rotatable bonds is 3. The Hall–Kier alpha value is -2.26. The van der Waals surface area contributed by atoms with Crippen LogP contribution >= 0.6 is 0 Å². The van der Waals surface area contributed by atoms with E-state index < -0.39 is 6.10 Å². The summed E-state index contributed by atoms with van der Waals surface area (Å²) in [5, 5.41) is 10.5. The maximum atomic E-state index is 10.5. The summed E-state index contributed by atoms with van der Waals surface area (Å²) >= 11 is 0. The minimum Gasteiger partial charge on any atom is -0.388 e. The third kappa shape index (κ3) is 2.53. The second-order valence-corrected chi connectivity index (χ2v) is 4.98. The van der Waals surface area contributed by atoms with E-state index in [0.717, 1.165) is 22.2 Å². The summed E-state index contributed by atoms with van der Waals surface area (Å²) in [5.74, 6) is 0. The van der Waals surface area contributed by atoms with Crippen molar-refractivity contribution in [1.29, 1.82) is 0 Å². The molecule has 0 aliphatic heterocycles. The maximum absolute atomic E-state index is 10.5. The van der Waals surface area contributed by atoms with Gasteiger partial charge in [-0.25, -0.2) is 0 Å². The van der Waals surface area contributed by atoms with Crippen molar-refractivity contribution in [2.45, 2.75) is 19.4 Å². The quantitative estimate of drug-likeness (QED) is 0.790. The molecule has 100 valence electrons. The number of hydrogen-bond acceptors (Lipinski definition) is 3. The summed E-state index contributed by atoms with van der Waals surface area (Å²) < 4.78 is 0. The number of aliphatic hydroxyl groups excluding tert-OH is 1. The highest BCUT2D eigenvalue weighted by Crippen LogP contribution is 2.24. The molecule has 1 N–H and O–H groups in total. The Morgan fingerprint density at radius 3 is 2.70 bits per heavy atom. The van der Waals surface area contributed by atoms with Gasteiger partial charge in [0.15, 0.2) is 0 Å². The van der Waals surface area contributed by atoms with Crippen LogP contribution in [0.25, 0.3) is 11.0 Å². The first-order valence-corrected chi connectivity index (χ1v) is 6.67. The standard InChI is InChI=1S/C17H16N2O/c1-12-4-2-5-13(10-12)11-16(20)14-6-3-7-15-17(14)19-9-8-18-15/h2-10,16,20H,11H2,1H3. The molecule has 0 radical (unpaired) electrons. The molecule has 3 nitrogen and oxygen atoms in total. The fraction of sp³-hybridized carbons (Fsp3) is 0.176. The lowest BCUT2D eigenvalue weighted by atomic mass is 9.99. The van der Waals surface area contributed by atoms with Gasteiger partial charge in [0.2, 0.25) is 0 Å². The lowest BCUT2D eigenvalue weighted by molar-refractivity contribution is 0.180. The number of nitrogens with zero attached hydrogens (tertiary/aromatic N) is 2. The van der Waals surface area contributed by atoms with Crippen LogP contribution in [-0.4, -0.2) is 15.1 Å². The van der Waals surface area contributed by atoms with Crippen molar-refractivity contribution in [3.63, 3.8) is 0 Å². The fourth-order valence-electron chi connectivity index (χ4n) is 2.46. The third-order valence-corrected chi connectivity index (χ3v) is 3.40. The van der Waals surface area contributed by atoms with E-state index in [1.807, 2.05) is 30.3 Å². The SMILES string of the molecule is Cc1cccc(CC(O)c2cccc3nccnc23)c1. The zero-order chi connectivity index (χ0) is 13.9. The fourth-order valence-corrected chi connectivity index (χ4v) is 2.46. The number of aliphatic hydroxyl groups is 1. The van der Waals surface area contributed by atoms with Crippen molar-refractivity contribution in [1.82, 2.24) is 9.97 Å². The molecule has 0 saturated heterocycles. The van der Waals surface area contributed by atoms with Gasteiger partial charge in [-0.1, -0.05) is 42.0 Å². The van der Waals surface area contributed by atoms with E-state index >= 15 is 0 Å². The highest BCUT2D eigenvalue weighted by molar-refractivity contribution is 5.77. The van der Waals surface area contributed by atoms with Gasteiger partial charge >= 0.3 is 0 Å². The van der Waals surface area contributed by atoms with Crippen LogP contribution in [0.5, 0.6) is 0 Å². The molecule has 2 aromatic carbocycles. The molecule has 0 fully saturated rings. The van der Waals surface area contributed by atoms with Crippen molar-refractivity contribution in [3.8, 4) is 0 Å². The van der Waals surface area contributed by atoms with E-state index in [0.29, 0.717) is 6.42 Å². The molecule has 1 atom stereocenters. The van der Waals surface area contributed by atoms with Gasteiger partial charge in [-0.15, -0.1) is 0 Å². The highest BCUT2D eigenvalue weighted by atomic mass is 16.3. The average molecular weight is 264 g/mol.